The molecule has 0 aliphatic carbocycles. The maximum Gasteiger partial charge on any atom is 0.257 e. The van der Waals surface area contributed by atoms with Crippen LogP contribution in [0.15, 0.2) is 72.2 Å². The van der Waals surface area contributed by atoms with Crippen LogP contribution in [0.1, 0.15) is 25.3 Å². The summed E-state index contributed by atoms with van der Waals surface area (Å²) >= 11 is 0. The van der Waals surface area contributed by atoms with Gasteiger partial charge < -0.3 is 25.2 Å². The predicted molar refractivity (Wildman–Crippen MR) is 169 cm³/mol. The Morgan fingerprint density at radius 2 is 1.93 bits per heavy atom. The van der Waals surface area contributed by atoms with Crippen molar-refractivity contribution in [3.8, 4) is 11.4 Å². The zero-order chi connectivity index (χ0) is 29.8. The first kappa shape index (κ1) is 28.8. The molecule has 0 spiro atoms. The molecular weight excluding hydrogens is 530 g/mol. The minimum Gasteiger partial charge on any atom is -0.492 e. The van der Waals surface area contributed by atoms with Gasteiger partial charge in [0.1, 0.15) is 5.75 Å². The predicted octanol–water partition coefficient (Wildman–Crippen LogP) is 4.89. The number of rotatable bonds is 9. The van der Waals surface area contributed by atoms with Crippen LogP contribution in [-0.2, 0) is 4.79 Å². The van der Waals surface area contributed by atoms with Crippen LogP contribution >= 0.6 is 0 Å². The Morgan fingerprint density at radius 1 is 1.14 bits per heavy atom. The van der Waals surface area contributed by atoms with Gasteiger partial charge in [0.05, 0.1) is 18.0 Å². The van der Waals surface area contributed by atoms with E-state index in [9.17, 15) is 9.59 Å². The van der Waals surface area contributed by atoms with E-state index in [2.05, 4.69) is 58.2 Å². The van der Waals surface area contributed by atoms with E-state index >= 15 is 0 Å². The molecule has 0 radical (unpaired) electrons. The van der Waals surface area contributed by atoms with E-state index in [1.54, 1.807) is 36.5 Å². The molecule has 5 rings (SSSR count). The molecule has 2 N–H and O–H groups in total. The molecule has 2 aromatic carbocycles. The highest BCUT2D eigenvalue weighted by molar-refractivity contribution is 5.99. The van der Waals surface area contributed by atoms with Gasteiger partial charge in [0.25, 0.3) is 5.56 Å². The smallest absolute Gasteiger partial charge is 0.257 e. The van der Waals surface area contributed by atoms with Crippen molar-refractivity contribution < 1.29 is 9.53 Å². The standard InChI is InChI=1S/C32H37N7O3/c1-6-29(40)34-22-9-8-10-25(18-22)39-30(41)17-21(3)26-20-33-32(36-31(26)39)35-27-12-11-24(19-28(27)42-7-2)38-15-13-23(14-16-38)37(4)5/h6,8-12,17-20,23H,1,7,13-16H2,2-5H3,(H,34,40)(H,33,35,36). The lowest BCUT2D eigenvalue weighted by atomic mass is 10.0. The first-order valence-electron chi connectivity index (χ1n) is 14.2. The van der Waals surface area contributed by atoms with Gasteiger partial charge >= 0.3 is 0 Å². The lowest BCUT2D eigenvalue weighted by molar-refractivity contribution is -0.111. The van der Waals surface area contributed by atoms with Crippen LogP contribution in [0.2, 0.25) is 0 Å². The van der Waals surface area contributed by atoms with Gasteiger partial charge in [-0.25, -0.2) is 4.98 Å². The quantitative estimate of drug-likeness (QED) is 0.276. The number of aromatic nitrogens is 3. The molecule has 10 heteroatoms. The summed E-state index contributed by atoms with van der Waals surface area (Å²) in [4.78, 5) is 39.1. The molecule has 1 aliphatic heterocycles. The van der Waals surface area contributed by atoms with E-state index in [4.69, 9.17) is 9.72 Å². The molecule has 1 amide bonds. The first-order valence-corrected chi connectivity index (χ1v) is 14.2. The number of nitrogens with one attached hydrogen (secondary N) is 2. The number of carbonyl (C=O) groups excluding carboxylic acids is 1. The third-order valence-corrected chi connectivity index (χ3v) is 7.59. The van der Waals surface area contributed by atoms with E-state index in [1.807, 2.05) is 19.9 Å². The molecule has 0 atom stereocenters. The minimum absolute atomic E-state index is 0.241. The number of carbonyl (C=O) groups is 1. The van der Waals surface area contributed by atoms with Crippen molar-refractivity contribution in [2.45, 2.75) is 32.7 Å². The highest BCUT2D eigenvalue weighted by atomic mass is 16.5. The summed E-state index contributed by atoms with van der Waals surface area (Å²) in [5.41, 5.74) is 3.93. The molecule has 4 aromatic rings. The van der Waals surface area contributed by atoms with Crippen LogP contribution in [0.4, 0.5) is 23.0 Å². The van der Waals surface area contributed by atoms with Gasteiger partial charge in [-0.1, -0.05) is 12.6 Å². The van der Waals surface area contributed by atoms with E-state index in [-0.39, 0.29) is 11.5 Å². The van der Waals surface area contributed by atoms with Crippen molar-refractivity contribution in [1.29, 1.82) is 0 Å². The number of ether oxygens (including phenoxy) is 1. The Morgan fingerprint density at radius 3 is 2.64 bits per heavy atom. The average Bonchev–Trinajstić information content (AvgIpc) is 2.98. The number of hydrogen-bond donors (Lipinski definition) is 2. The zero-order valence-electron chi connectivity index (χ0n) is 24.6. The molecule has 3 heterocycles. The Kier molecular flexibility index (Phi) is 8.53. The second-order valence-corrected chi connectivity index (χ2v) is 10.6. The van der Waals surface area contributed by atoms with Gasteiger partial charge in [0.2, 0.25) is 11.9 Å². The number of anilines is 4. The largest absolute Gasteiger partial charge is 0.492 e. The van der Waals surface area contributed by atoms with Gasteiger partial charge in [-0.15, -0.1) is 0 Å². The van der Waals surface area contributed by atoms with Crippen LogP contribution in [0.5, 0.6) is 5.75 Å². The Labute approximate surface area is 245 Å². The molecule has 1 fully saturated rings. The number of aryl methyl sites for hydroxylation is 1. The molecule has 1 saturated heterocycles. The van der Waals surface area contributed by atoms with Gasteiger partial charge in [-0.2, -0.15) is 4.98 Å². The van der Waals surface area contributed by atoms with E-state index in [1.165, 1.54) is 10.6 Å². The summed E-state index contributed by atoms with van der Waals surface area (Å²) in [6.45, 7) is 9.80. The Bertz CT molecular complexity index is 1670. The molecule has 0 unspecified atom stereocenters. The number of amides is 1. The molecule has 2 aromatic heterocycles. The van der Waals surface area contributed by atoms with Crippen molar-refractivity contribution in [3.05, 3.63) is 83.3 Å². The Balaban J connectivity index is 1.48. The lowest BCUT2D eigenvalue weighted by Gasteiger charge is -2.36. The second kappa shape index (κ2) is 12.4. The van der Waals surface area contributed by atoms with Crippen molar-refractivity contribution in [2.75, 3.05) is 49.3 Å². The summed E-state index contributed by atoms with van der Waals surface area (Å²) in [6, 6.07) is 15.3. The molecular formula is C32H37N7O3. The number of nitrogens with zero attached hydrogens (tertiary/aromatic N) is 5. The maximum absolute atomic E-state index is 13.2. The summed E-state index contributed by atoms with van der Waals surface area (Å²) in [7, 11) is 4.29. The van der Waals surface area contributed by atoms with Crippen molar-refractivity contribution in [1.82, 2.24) is 19.4 Å². The highest BCUT2D eigenvalue weighted by Crippen LogP contribution is 2.33. The van der Waals surface area contributed by atoms with Crippen molar-refractivity contribution in [3.63, 3.8) is 0 Å². The molecule has 218 valence electrons. The zero-order valence-corrected chi connectivity index (χ0v) is 24.6. The SMILES string of the molecule is C=CC(=O)Nc1cccc(-n2c(=O)cc(C)c3cnc(Nc4ccc(N5CCC(N(C)C)CC5)cc4OCC)nc32)c1. The average molecular weight is 568 g/mol. The van der Waals surface area contributed by atoms with Crippen molar-refractivity contribution in [2.24, 2.45) is 0 Å². The third-order valence-electron chi connectivity index (χ3n) is 7.59. The summed E-state index contributed by atoms with van der Waals surface area (Å²) in [5, 5.41) is 6.79. The van der Waals surface area contributed by atoms with Crippen LogP contribution in [-0.4, -0.2) is 65.2 Å². The molecule has 42 heavy (non-hydrogen) atoms. The van der Waals surface area contributed by atoms with E-state index < -0.39 is 0 Å². The number of fused-ring (bicyclic) bond motifs is 1. The topological polar surface area (TPSA) is 105 Å². The summed E-state index contributed by atoms with van der Waals surface area (Å²) in [6.07, 6.45) is 5.14. The second-order valence-electron chi connectivity index (χ2n) is 10.6. The normalized spacial score (nSPS) is 13.8. The number of hydrogen-bond acceptors (Lipinski definition) is 8. The maximum atomic E-state index is 13.2. The van der Waals surface area contributed by atoms with E-state index in [0.717, 1.165) is 48.3 Å². The molecule has 0 saturated carbocycles. The monoisotopic (exact) mass is 567 g/mol. The van der Waals surface area contributed by atoms with Crippen LogP contribution in [0, 0.1) is 6.92 Å². The number of piperidine rings is 1. The third kappa shape index (κ3) is 6.13. The fourth-order valence-electron chi connectivity index (χ4n) is 5.33. The number of benzene rings is 2. The van der Waals surface area contributed by atoms with Crippen molar-refractivity contribution >= 4 is 40.0 Å². The van der Waals surface area contributed by atoms with E-state index in [0.29, 0.717) is 41.4 Å². The summed E-state index contributed by atoms with van der Waals surface area (Å²) in [5.74, 6) is 0.704. The fraction of sp³-hybridized carbons (Fsp3) is 0.312. The molecule has 1 aliphatic rings. The summed E-state index contributed by atoms with van der Waals surface area (Å²) < 4.78 is 7.54. The molecule has 10 nitrogen and oxygen atoms in total. The highest BCUT2D eigenvalue weighted by Gasteiger charge is 2.22. The minimum atomic E-state index is -0.337. The van der Waals surface area contributed by atoms with Gasteiger partial charge in [-0.3, -0.25) is 14.2 Å². The molecule has 0 bridgehead atoms. The lowest BCUT2D eigenvalue weighted by Crippen LogP contribution is -2.41. The van der Waals surface area contributed by atoms with Gasteiger partial charge in [0, 0.05) is 54.2 Å². The Hall–Kier alpha value is -4.70. The van der Waals surface area contributed by atoms with Gasteiger partial charge in [0.15, 0.2) is 5.65 Å². The van der Waals surface area contributed by atoms with Crippen LogP contribution < -0.4 is 25.8 Å². The van der Waals surface area contributed by atoms with Crippen LogP contribution in [0.25, 0.3) is 16.7 Å². The van der Waals surface area contributed by atoms with Crippen LogP contribution in [0.3, 0.4) is 0 Å². The number of pyridine rings is 1. The van der Waals surface area contributed by atoms with Gasteiger partial charge in [-0.05, 0) is 82.8 Å². The first-order chi connectivity index (χ1) is 20.3. The fourth-order valence-corrected chi connectivity index (χ4v) is 5.33.